The quantitative estimate of drug-likeness (QED) is 0.0306. The standard InChI is InChI=1S/C36H41F6N5O7S/c37-35(38,39)27-20-26(21-28(23-27)36(40,41)42)32(49)44-16-8-3-9-18-46-55(53,54)29-14-10-13-25(22-29)31(48)43-15-6-2-7-17-45-33(50)30(34(51)47-52)19-24-11-4-1-5-12-24/h1,4-5,10-14,20-23,30,46,52H,2-3,6-9,15-19H2,(H,43,48)(H,44,49)(H,45,50)(H,47,51). The number of benzene rings is 3. The van der Waals surface area contributed by atoms with Gasteiger partial charge in [0.1, 0.15) is 5.92 Å². The highest BCUT2D eigenvalue weighted by atomic mass is 32.2. The molecule has 4 amide bonds. The Labute approximate surface area is 313 Å². The molecule has 3 aromatic rings. The van der Waals surface area contributed by atoms with Crippen molar-refractivity contribution in [1.82, 2.24) is 26.2 Å². The second-order valence-electron chi connectivity index (χ2n) is 12.4. The van der Waals surface area contributed by atoms with E-state index in [1.165, 1.54) is 29.7 Å². The second-order valence-corrected chi connectivity index (χ2v) is 14.1. The van der Waals surface area contributed by atoms with Crippen LogP contribution in [-0.4, -0.2) is 63.4 Å². The third-order valence-corrected chi connectivity index (χ3v) is 9.61. The third-order valence-electron chi connectivity index (χ3n) is 8.15. The van der Waals surface area contributed by atoms with E-state index in [0.717, 1.165) is 5.56 Å². The first kappa shape index (κ1) is 44.4. The van der Waals surface area contributed by atoms with E-state index in [1.54, 1.807) is 30.3 Å². The number of alkyl halides is 6. The number of amides is 4. The molecule has 0 aromatic heterocycles. The summed E-state index contributed by atoms with van der Waals surface area (Å²) >= 11 is 0. The van der Waals surface area contributed by atoms with Crippen LogP contribution in [0.5, 0.6) is 0 Å². The zero-order valence-electron chi connectivity index (χ0n) is 29.4. The predicted molar refractivity (Wildman–Crippen MR) is 187 cm³/mol. The van der Waals surface area contributed by atoms with Gasteiger partial charge in [-0.05, 0) is 80.5 Å². The Morgan fingerprint density at radius 1 is 0.600 bits per heavy atom. The van der Waals surface area contributed by atoms with Crippen molar-refractivity contribution in [3.8, 4) is 0 Å². The largest absolute Gasteiger partial charge is 0.416 e. The number of carbonyl (C=O) groups is 4. The first-order valence-electron chi connectivity index (χ1n) is 17.1. The third kappa shape index (κ3) is 14.6. The molecule has 0 spiro atoms. The number of halogens is 6. The summed E-state index contributed by atoms with van der Waals surface area (Å²) in [4.78, 5) is 49.4. The van der Waals surface area contributed by atoms with Gasteiger partial charge in [-0.15, -0.1) is 0 Å². The maximum Gasteiger partial charge on any atom is 0.416 e. The van der Waals surface area contributed by atoms with E-state index in [0.29, 0.717) is 37.8 Å². The molecule has 0 fully saturated rings. The van der Waals surface area contributed by atoms with E-state index >= 15 is 0 Å². The molecule has 6 N–H and O–H groups in total. The number of nitrogens with one attached hydrogen (secondary N) is 5. The lowest BCUT2D eigenvalue weighted by molar-refractivity contribution is -0.143. The Morgan fingerprint density at radius 2 is 1.13 bits per heavy atom. The van der Waals surface area contributed by atoms with Crippen LogP contribution in [0.1, 0.15) is 75.9 Å². The van der Waals surface area contributed by atoms with Crippen LogP contribution in [0.25, 0.3) is 0 Å². The van der Waals surface area contributed by atoms with Crippen molar-refractivity contribution < 1.29 is 59.1 Å². The number of carbonyl (C=O) groups excluding carboxylic acids is 4. The second kappa shape index (κ2) is 20.6. The fourth-order valence-corrected chi connectivity index (χ4v) is 6.33. The molecule has 0 aliphatic heterocycles. The molecule has 55 heavy (non-hydrogen) atoms. The van der Waals surface area contributed by atoms with Gasteiger partial charge in [0.2, 0.25) is 15.9 Å². The number of rotatable bonds is 20. The average Bonchev–Trinajstić information content (AvgIpc) is 3.15. The molecule has 0 bridgehead atoms. The summed E-state index contributed by atoms with van der Waals surface area (Å²) < 4.78 is 106. The summed E-state index contributed by atoms with van der Waals surface area (Å²) in [6.07, 6.45) is -7.50. The van der Waals surface area contributed by atoms with Crippen molar-refractivity contribution in [2.75, 3.05) is 26.2 Å². The van der Waals surface area contributed by atoms with E-state index in [9.17, 15) is 53.9 Å². The number of hydrogen-bond acceptors (Lipinski definition) is 7. The topological polar surface area (TPSA) is 183 Å². The van der Waals surface area contributed by atoms with Crippen molar-refractivity contribution >= 4 is 33.7 Å². The molecule has 0 heterocycles. The molecule has 19 heteroatoms. The van der Waals surface area contributed by atoms with E-state index < -0.39 is 68.6 Å². The lowest BCUT2D eigenvalue weighted by Gasteiger charge is -2.15. The Bertz CT molecular complexity index is 1840. The van der Waals surface area contributed by atoms with Crippen LogP contribution in [0.4, 0.5) is 26.3 Å². The van der Waals surface area contributed by atoms with Crippen LogP contribution < -0.4 is 26.2 Å². The lowest BCUT2D eigenvalue weighted by atomic mass is 9.97. The summed E-state index contributed by atoms with van der Waals surface area (Å²) in [6.45, 7) is 0.412. The average molecular weight is 802 g/mol. The van der Waals surface area contributed by atoms with Crippen LogP contribution in [0, 0.1) is 5.92 Å². The van der Waals surface area contributed by atoms with Gasteiger partial charge in [-0.3, -0.25) is 24.4 Å². The Kier molecular flexibility index (Phi) is 16.6. The summed E-state index contributed by atoms with van der Waals surface area (Å²) in [6, 6.07) is 14.8. The maximum atomic E-state index is 13.1. The number of hydrogen-bond donors (Lipinski definition) is 6. The molecule has 0 saturated heterocycles. The van der Waals surface area contributed by atoms with Gasteiger partial charge < -0.3 is 16.0 Å². The minimum atomic E-state index is -5.09. The fraction of sp³-hybridized carbons (Fsp3) is 0.389. The van der Waals surface area contributed by atoms with Crippen LogP contribution in [0.2, 0.25) is 0 Å². The van der Waals surface area contributed by atoms with E-state index in [1.807, 2.05) is 0 Å². The highest BCUT2D eigenvalue weighted by Gasteiger charge is 2.37. The molecule has 300 valence electrons. The van der Waals surface area contributed by atoms with Crippen molar-refractivity contribution in [2.24, 2.45) is 5.92 Å². The fourth-order valence-electron chi connectivity index (χ4n) is 5.21. The van der Waals surface area contributed by atoms with E-state index in [-0.39, 0.29) is 62.0 Å². The van der Waals surface area contributed by atoms with Crippen LogP contribution >= 0.6 is 0 Å². The zero-order valence-corrected chi connectivity index (χ0v) is 30.2. The number of unbranched alkanes of at least 4 members (excludes halogenated alkanes) is 4. The maximum absolute atomic E-state index is 13.1. The molecule has 12 nitrogen and oxygen atoms in total. The number of sulfonamides is 1. The van der Waals surface area contributed by atoms with Crippen molar-refractivity contribution in [1.29, 1.82) is 0 Å². The molecular formula is C36H41F6N5O7S. The highest BCUT2D eigenvalue weighted by molar-refractivity contribution is 7.89. The molecule has 3 rings (SSSR count). The first-order chi connectivity index (χ1) is 25.9. The normalized spacial score (nSPS) is 12.4. The molecule has 0 aliphatic carbocycles. The molecule has 0 saturated carbocycles. The Morgan fingerprint density at radius 3 is 1.67 bits per heavy atom. The van der Waals surface area contributed by atoms with E-state index in [4.69, 9.17) is 5.21 Å². The Hall–Kier alpha value is -5.01. The van der Waals surface area contributed by atoms with Crippen LogP contribution in [0.15, 0.2) is 77.7 Å². The highest BCUT2D eigenvalue weighted by Crippen LogP contribution is 2.36. The van der Waals surface area contributed by atoms with Crippen molar-refractivity contribution in [3.05, 3.63) is 101 Å². The molecule has 1 atom stereocenters. The molecular weight excluding hydrogens is 760 g/mol. The summed E-state index contributed by atoms with van der Waals surface area (Å²) in [5, 5.41) is 16.7. The Balaban J connectivity index is 1.35. The van der Waals surface area contributed by atoms with Gasteiger partial charge in [-0.2, -0.15) is 26.3 Å². The van der Waals surface area contributed by atoms with Crippen LogP contribution in [-0.2, 0) is 38.4 Å². The summed E-state index contributed by atoms with van der Waals surface area (Å²) in [5.74, 6) is -4.11. The molecule has 0 radical (unpaired) electrons. The minimum absolute atomic E-state index is 0.0297. The summed E-state index contributed by atoms with van der Waals surface area (Å²) in [5.41, 5.74) is -1.65. The van der Waals surface area contributed by atoms with Gasteiger partial charge >= 0.3 is 12.4 Å². The SMILES string of the molecule is O=C(NCCCCCNC(=O)C(Cc1ccccc1)C(=O)NO)c1cccc(S(=O)(=O)NCCCCCNC(=O)c2cc(C(F)(F)F)cc(C(F)(F)F)c2)c1. The monoisotopic (exact) mass is 801 g/mol. The van der Waals surface area contributed by atoms with E-state index in [2.05, 4.69) is 20.7 Å². The van der Waals surface area contributed by atoms with Gasteiger partial charge in [0, 0.05) is 37.3 Å². The van der Waals surface area contributed by atoms with Gasteiger partial charge in [0.15, 0.2) is 0 Å². The lowest BCUT2D eigenvalue weighted by Crippen LogP contribution is -2.41. The molecule has 0 aliphatic rings. The van der Waals surface area contributed by atoms with Gasteiger partial charge in [-0.1, -0.05) is 42.8 Å². The molecule has 1 unspecified atom stereocenters. The molecule has 3 aromatic carbocycles. The zero-order chi connectivity index (χ0) is 40.6. The van der Waals surface area contributed by atoms with Crippen molar-refractivity contribution in [2.45, 2.75) is 62.2 Å². The van der Waals surface area contributed by atoms with Gasteiger partial charge in [-0.25, -0.2) is 18.6 Å². The summed E-state index contributed by atoms with van der Waals surface area (Å²) in [7, 11) is -4.02. The van der Waals surface area contributed by atoms with Crippen LogP contribution in [0.3, 0.4) is 0 Å². The first-order valence-corrected chi connectivity index (χ1v) is 18.6. The number of hydroxylamine groups is 1. The predicted octanol–water partition coefficient (Wildman–Crippen LogP) is 4.98. The van der Waals surface area contributed by atoms with Crippen molar-refractivity contribution in [3.63, 3.8) is 0 Å². The van der Waals surface area contributed by atoms with Gasteiger partial charge in [0.25, 0.3) is 17.7 Å². The van der Waals surface area contributed by atoms with Gasteiger partial charge in [0.05, 0.1) is 16.0 Å². The minimum Gasteiger partial charge on any atom is -0.355 e. The smallest absolute Gasteiger partial charge is 0.355 e.